The number of nitrogens with zero attached hydrogens (tertiary/aromatic N) is 2. The van der Waals surface area contributed by atoms with E-state index in [1.807, 2.05) is 31.2 Å². The minimum Gasteiger partial charge on any atom is -0.393 e. The lowest BCUT2D eigenvalue weighted by Crippen LogP contribution is -2.54. The van der Waals surface area contributed by atoms with Gasteiger partial charge in [-0.1, -0.05) is 18.2 Å². The molecule has 0 bridgehead atoms. The first-order valence-electron chi connectivity index (χ1n) is 12.9. The molecule has 1 aromatic heterocycles. The van der Waals surface area contributed by atoms with E-state index in [4.69, 9.17) is 0 Å². The molecule has 2 aromatic carbocycles. The van der Waals surface area contributed by atoms with Gasteiger partial charge in [0.05, 0.1) is 25.4 Å². The number of para-hydroxylation sites is 1. The van der Waals surface area contributed by atoms with Gasteiger partial charge in [0.2, 0.25) is 0 Å². The van der Waals surface area contributed by atoms with Crippen LogP contribution < -0.4 is 5.32 Å². The molecule has 0 spiro atoms. The van der Waals surface area contributed by atoms with Crippen molar-refractivity contribution >= 4 is 16.6 Å². The van der Waals surface area contributed by atoms with Gasteiger partial charge in [0, 0.05) is 60.1 Å². The summed E-state index contributed by atoms with van der Waals surface area (Å²) >= 11 is 0. The maximum Gasteiger partial charge on any atom is 0.143 e. The van der Waals surface area contributed by atoms with Crippen molar-refractivity contribution in [3.05, 3.63) is 64.9 Å². The summed E-state index contributed by atoms with van der Waals surface area (Å²) in [4.78, 5) is 7.19. The van der Waals surface area contributed by atoms with E-state index in [1.165, 1.54) is 19.1 Å². The van der Waals surface area contributed by atoms with Crippen molar-refractivity contribution in [2.45, 2.75) is 50.5 Å². The zero-order valence-electron chi connectivity index (χ0n) is 21.2. The molecule has 1 fully saturated rings. The smallest absolute Gasteiger partial charge is 0.143 e. The van der Waals surface area contributed by atoms with Crippen molar-refractivity contribution in [3.63, 3.8) is 0 Å². The number of anilines is 1. The van der Waals surface area contributed by atoms with Crippen LogP contribution in [-0.2, 0) is 6.42 Å². The van der Waals surface area contributed by atoms with Crippen molar-refractivity contribution in [2.75, 3.05) is 44.8 Å². The Hall–Kier alpha value is -2.62. The second-order valence-electron chi connectivity index (χ2n) is 10.8. The summed E-state index contributed by atoms with van der Waals surface area (Å²) in [5, 5.41) is 13.8. The minimum atomic E-state index is -1.94. The van der Waals surface area contributed by atoms with Crippen LogP contribution in [0.4, 0.5) is 23.2 Å². The van der Waals surface area contributed by atoms with Crippen molar-refractivity contribution in [3.8, 4) is 0 Å². The number of hydrogen-bond donors (Lipinski definition) is 3. The number of nitrogens with one attached hydrogen (secondary N) is 2. The molecule has 37 heavy (non-hydrogen) atoms. The molecule has 0 saturated carbocycles. The Labute approximate surface area is 214 Å². The fraction of sp³-hybridized carbons (Fsp3) is 0.500. The molecule has 2 aliphatic heterocycles. The highest BCUT2D eigenvalue weighted by molar-refractivity contribution is 5.85. The Bertz CT molecular complexity index is 1230. The molecule has 3 unspecified atom stereocenters. The Kier molecular flexibility index (Phi) is 7.22. The lowest BCUT2D eigenvalue weighted by Gasteiger charge is -2.43. The lowest BCUT2D eigenvalue weighted by atomic mass is 9.87. The van der Waals surface area contributed by atoms with Gasteiger partial charge in [-0.3, -0.25) is 14.2 Å². The molecule has 5 nitrogen and oxygen atoms in total. The molecule has 5 rings (SSSR count). The molecule has 3 N–H and O–H groups in total. The predicted molar refractivity (Wildman–Crippen MR) is 137 cm³/mol. The Morgan fingerprint density at radius 2 is 1.86 bits per heavy atom. The number of alkyl halides is 2. The normalized spacial score (nSPS) is 22.6. The van der Waals surface area contributed by atoms with Crippen LogP contribution in [0, 0.1) is 11.6 Å². The Morgan fingerprint density at radius 1 is 1.16 bits per heavy atom. The number of aromatic amines is 1. The molecule has 0 amide bonds. The number of halogens is 4. The highest BCUT2D eigenvalue weighted by atomic mass is 19.1. The fourth-order valence-electron chi connectivity index (χ4n) is 5.79. The Morgan fingerprint density at radius 3 is 2.54 bits per heavy atom. The third-order valence-electron chi connectivity index (χ3n) is 7.65. The zero-order valence-corrected chi connectivity index (χ0v) is 21.2. The second-order valence-corrected chi connectivity index (χ2v) is 10.8. The van der Waals surface area contributed by atoms with Gasteiger partial charge in [-0.15, -0.1) is 0 Å². The highest BCUT2D eigenvalue weighted by Crippen LogP contribution is 2.43. The van der Waals surface area contributed by atoms with Crippen molar-refractivity contribution < 1.29 is 22.7 Å². The molecular weight excluding hydrogens is 484 g/mol. The zero-order chi connectivity index (χ0) is 26.3. The molecule has 0 aliphatic carbocycles. The van der Waals surface area contributed by atoms with E-state index in [9.17, 15) is 9.50 Å². The quantitative estimate of drug-likeness (QED) is 0.351. The highest BCUT2D eigenvalue weighted by Gasteiger charge is 2.42. The van der Waals surface area contributed by atoms with Crippen LogP contribution in [0.1, 0.15) is 43.1 Å². The maximum atomic E-state index is 15.8. The van der Waals surface area contributed by atoms with Crippen LogP contribution in [0.25, 0.3) is 10.9 Å². The summed E-state index contributed by atoms with van der Waals surface area (Å²) < 4.78 is 59.0. The average Bonchev–Trinajstić information content (AvgIpc) is 3.19. The molecule has 200 valence electrons. The van der Waals surface area contributed by atoms with Gasteiger partial charge in [0.15, 0.2) is 0 Å². The first-order valence-corrected chi connectivity index (χ1v) is 12.9. The van der Waals surface area contributed by atoms with E-state index in [2.05, 4.69) is 15.2 Å². The van der Waals surface area contributed by atoms with Crippen LogP contribution in [0.5, 0.6) is 0 Å². The van der Waals surface area contributed by atoms with Crippen LogP contribution in [0.3, 0.4) is 0 Å². The van der Waals surface area contributed by atoms with Crippen molar-refractivity contribution in [1.29, 1.82) is 0 Å². The summed E-state index contributed by atoms with van der Waals surface area (Å²) in [6.07, 6.45) is 1.06. The molecular formula is C28H34F4N4O. The summed E-state index contributed by atoms with van der Waals surface area (Å²) in [6, 6.07) is 9.23. The van der Waals surface area contributed by atoms with Gasteiger partial charge in [0.25, 0.3) is 0 Å². The SMILES string of the molecule is CC1Cc2c([nH]c3ccccc23)C(c2c(F)cc(NC3CN(CCCF)C3)cc2F)N1CC(C)(F)CO. The molecule has 2 aliphatic rings. The van der Waals surface area contributed by atoms with E-state index >= 15 is 13.2 Å². The molecule has 1 saturated heterocycles. The number of likely N-dealkylation sites (tertiary alicyclic amines) is 1. The van der Waals surface area contributed by atoms with Gasteiger partial charge in [-0.25, -0.2) is 13.2 Å². The number of benzene rings is 2. The second kappa shape index (κ2) is 10.3. The molecule has 3 heterocycles. The van der Waals surface area contributed by atoms with Crippen molar-refractivity contribution in [2.24, 2.45) is 0 Å². The number of fused-ring (bicyclic) bond motifs is 3. The van der Waals surface area contributed by atoms with Crippen LogP contribution >= 0.6 is 0 Å². The number of aliphatic hydroxyl groups is 1. The third-order valence-corrected chi connectivity index (χ3v) is 7.65. The van der Waals surface area contributed by atoms with E-state index in [0.29, 0.717) is 43.9 Å². The van der Waals surface area contributed by atoms with Gasteiger partial charge in [0.1, 0.15) is 17.3 Å². The summed E-state index contributed by atoms with van der Waals surface area (Å²) in [6.45, 7) is 4.03. The standard InChI is InChI=1S/C28H34F4N4O/c1-17-10-21-20-6-3-4-7-24(20)34-26(21)27(36(17)15-28(2,32)16-37)25-22(30)11-18(12-23(25)31)33-19-13-35(14-19)9-5-8-29/h3-4,6-7,11-12,17,19,27,33-34,37H,5,8-10,13-16H2,1-2H3. The Balaban J connectivity index is 1.50. The van der Waals surface area contributed by atoms with E-state index in [1.54, 1.807) is 4.90 Å². The number of H-pyrrole nitrogens is 1. The lowest BCUT2D eigenvalue weighted by molar-refractivity contribution is 0.0162. The summed E-state index contributed by atoms with van der Waals surface area (Å²) in [7, 11) is 0. The van der Waals surface area contributed by atoms with Crippen LogP contribution in [0.15, 0.2) is 36.4 Å². The minimum absolute atomic E-state index is 0.0348. The fourth-order valence-corrected chi connectivity index (χ4v) is 5.79. The predicted octanol–water partition coefficient (Wildman–Crippen LogP) is 4.96. The first-order chi connectivity index (χ1) is 17.7. The first kappa shape index (κ1) is 26.0. The van der Waals surface area contributed by atoms with Gasteiger partial charge in [-0.2, -0.15) is 0 Å². The summed E-state index contributed by atoms with van der Waals surface area (Å²) in [5.41, 5.74) is 0.733. The molecule has 9 heteroatoms. The molecule has 3 aromatic rings. The van der Waals surface area contributed by atoms with Crippen LogP contribution in [-0.4, -0.2) is 77.1 Å². The molecule has 3 atom stereocenters. The van der Waals surface area contributed by atoms with Gasteiger partial charge < -0.3 is 15.4 Å². The third kappa shape index (κ3) is 5.09. The van der Waals surface area contributed by atoms with Crippen molar-refractivity contribution in [1.82, 2.24) is 14.8 Å². The number of rotatable bonds is 9. The van der Waals surface area contributed by atoms with Gasteiger partial charge >= 0.3 is 0 Å². The van der Waals surface area contributed by atoms with Gasteiger partial charge in [-0.05, 0) is 50.5 Å². The topological polar surface area (TPSA) is 54.5 Å². The monoisotopic (exact) mass is 518 g/mol. The number of aliphatic hydroxyl groups excluding tert-OH is 1. The van der Waals surface area contributed by atoms with E-state index in [0.717, 1.165) is 16.5 Å². The largest absolute Gasteiger partial charge is 0.393 e. The molecule has 0 radical (unpaired) electrons. The van der Waals surface area contributed by atoms with E-state index < -0.39 is 30.0 Å². The number of aromatic nitrogens is 1. The summed E-state index contributed by atoms with van der Waals surface area (Å²) in [5.74, 6) is -1.43. The average molecular weight is 519 g/mol. The maximum absolute atomic E-state index is 15.8. The van der Waals surface area contributed by atoms with Crippen LogP contribution in [0.2, 0.25) is 0 Å². The van der Waals surface area contributed by atoms with E-state index in [-0.39, 0.29) is 30.9 Å². The number of hydrogen-bond acceptors (Lipinski definition) is 4.